The second kappa shape index (κ2) is 9.63. The number of carbonyl (C=O) groups is 2. The zero-order chi connectivity index (χ0) is 19.6. The summed E-state index contributed by atoms with van der Waals surface area (Å²) < 4.78 is 5.15. The summed E-state index contributed by atoms with van der Waals surface area (Å²) in [5.74, 6) is -0.290. The summed E-state index contributed by atoms with van der Waals surface area (Å²) in [4.78, 5) is 25.9. The van der Waals surface area contributed by atoms with Crippen LogP contribution in [0, 0.1) is 11.3 Å². The molecule has 7 nitrogen and oxygen atoms in total. The van der Waals surface area contributed by atoms with Gasteiger partial charge in [-0.15, -0.1) is 0 Å². The van der Waals surface area contributed by atoms with Crippen molar-refractivity contribution < 1.29 is 14.3 Å². The van der Waals surface area contributed by atoms with E-state index in [9.17, 15) is 9.59 Å². The van der Waals surface area contributed by atoms with Crippen LogP contribution in [0.2, 0.25) is 0 Å². The molecule has 2 aromatic rings. The fourth-order valence-electron chi connectivity index (χ4n) is 2.12. The molecule has 0 aliphatic heterocycles. The van der Waals surface area contributed by atoms with Crippen LogP contribution >= 0.6 is 0 Å². The minimum absolute atomic E-state index is 0.0191. The third-order valence-corrected chi connectivity index (χ3v) is 3.53. The Kier molecular flexibility index (Phi) is 6.97. The number of hydrogen-bond donors (Lipinski definition) is 2. The lowest BCUT2D eigenvalue weighted by molar-refractivity contribution is -0.117. The maximum atomic E-state index is 12.1. The van der Waals surface area contributed by atoms with Crippen LogP contribution in [0.15, 0.2) is 54.6 Å². The molecule has 2 amide bonds. The quantitative estimate of drug-likeness (QED) is 0.605. The fraction of sp³-hybridized carbons (Fsp3) is 0.150. The largest absolute Gasteiger partial charge is 0.479 e. The molecule has 2 aromatic carbocycles. The minimum atomic E-state index is -0.461. The summed E-state index contributed by atoms with van der Waals surface area (Å²) in [6, 6.07) is 15.9. The average molecular weight is 364 g/mol. The van der Waals surface area contributed by atoms with Crippen LogP contribution in [-0.4, -0.2) is 32.5 Å². The molecule has 2 N–H and O–H groups in total. The van der Waals surface area contributed by atoms with Gasteiger partial charge < -0.3 is 9.64 Å². The van der Waals surface area contributed by atoms with E-state index < -0.39 is 11.8 Å². The van der Waals surface area contributed by atoms with Gasteiger partial charge in [0.05, 0.1) is 0 Å². The topological polar surface area (TPSA) is 94.5 Å². The molecule has 0 fully saturated rings. The van der Waals surface area contributed by atoms with Crippen molar-refractivity contribution in [2.75, 3.05) is 25.6 Å². The van der Waals surface area contributed by atoms with E-state index in [1.54, 1.807) is 48.5 Å². The van der Waals surface area contributed by atoms with Crippen LogP contribution in [0.4, 0.5) is 5.69 Å². The molecule has 138 valence electrons. The van der Waals surface area contributed by atoms with Gasteiger partial charge in [0, 0.05) is 31.4 Å². The molecule has 0 bridgehead atoms. The summed E-state index contributed by atoms with van der Waals surface area (Å²) in [5.41, 5.74) is 6.82. The molecule has 2 rings (SSSR count). The maximum Gasteiger partial charge on any atom is 0.269 e. The van der Waals surface area contributed by atoms with Gasteiger partial charge in [-0.2, -0.15) is 5.26 Å². The Hall–Kier alpha value is -3.79. The highest BCUT2D eigenvalue weighted by Crippen LogP contribution is 2.14. The van der Waals surface area contributed by atoms with Gasteiger partial charge in [-0.25, -0.2) is 0 Å². The van der Waals surface area contributed by atoms with Crippen LogP contribution in [0.1, 0.15) is 15.9 Å². The van der Waals surface area contributed by atoms with E-state index in [0.29, 0.717) is 11.3 Å². The van der Waals surface area contributed by atoms with Gasteiger partial charge in [0.1, 0.15) is 11.8 Å². The van der Waals surface area contributed by atoms with Crippen molar-refractivity contribution in [2.45, 2.75) is 0 Å². The number of nitriles is 1. The van der Waals surface area contributed by atoms with E-state index in [-0.39, 0.29) is 6.61 Å². The lowest BCUT2D eigenvalue weighted by Gasteiger charge is -2.13. The molecule has 27 heavy (non-hydrogen) atoms. The molecule has 0 saturated carbocycles. The van der Waals surface area contributed by atoms with E-state index in [4.69, 9.17) is 10.00 Å². The molecule has 0 aliphatic rings. The van der Waals surface area contributed by atoms with Crippen molar-refractivity contribution in [3.05, 3.63) is 65.7 Å². The maximum absolute atomic E-state index is 12.1. The summed E-state index contributed by atoms with van der Waals surface area (Å²) in [6.07, 6.45) is 2.91. The van der Waals surface area contributed by atoms with E-state index >= 15 is 0 Å². The summed E-state index contributed by atoms with van der Waals surface area (Å²) in [6.45, 7) is -0.0191. The van der Waals surface area contributed by atoms with Gasteiger partial charge in [0.2, 0.25) is 0 Å². The van der Waals surface area contributed by atoms with Crippen LogP contribution in [0.3, 0.4) is 0 Å². The van der Waals surface area contributed by atoms with E-state index in [1.807, 2.05) is 31.1 Å². The Morgan fingerprint density at radius 1 is 1.15 bits per heavy atom. The predicted molar refractivity (Wildman–Crippen MR) is 103 cm³/mol. The Balaban J connectivity index is 1.86. The number of anilines is 1. The zero-order valence-electron chi connectivity index (χ0n) is 15.1. The SMILES string of the molecule is CN(C)c1cccc(C(=O)NNC(=O)/C=C/c2ccc(OCC#N)cc2)c1. The second-order valence-electron chi connectivity index (χ2n) is 5.74. The van der Waals surface area contributed by atoms with Gasteiger partial charge in [-0.1, -0.05) is 18.2 Å². The van der Waals surface area contributed by atoms with E-state index in [0.717, 1.165) is 11.3 Å². The summed E-state index contributed by atoms with van der Waals surface area (Å²) in [5, 5.41) is 8.46. The normalized spacial score (nSPS) is 10.1. The molecule has 0 aromatic heterocycles. The summed E-state index contributed by atoms with van der Waals surface area (Å²) >= 11 is 0. The molecule has 0 radical (unpaired) electrons. The van der Waals surface area contributed by atoms with Crippen molar-refractivity contribution in [3.63, 3.8) is 0 Å². The van der Waals surface area contributed by atoms with Gasteiger partial charge in [0.15, 0.2) is 6.61 Å². The first-order valence-electron chi connectivity index (χ1n) is 8.15. The zero-order valence-corrected chi connectivity index (χ0v) is 15.1. The first-order chi connectivity index (χ1) is 13.0. The predicted octanol–water partition coefficient (Wildman–Crippen LogP) is 2.13. The Morgan fingerprint density at radius 3 is 2.56 bits per heavy atom. The van der Waals surface area contributed by atoms with Crippen molar-refractivity contribution in [2.24, 2.45) is 0 Å². The highest BCUT2D eigenvalue weighted by atomic mass is 16.5. The molecule has 0 atom stereocenters. The highest BCUT2D eigenvalue weighted by molar-refractivity contribution is 5.98. The van der Waals surface area contributed by atoms with Gasteiger partial charge >= 0.3 is 0 Å². The lowest BCUT2D eigenvalue weighted by atomic mass is 10.2. The number of ether oxygens (including phenoxy) is 1. The minimum Gasteiger partial charge on any atom is -0.479 e. The van der Waals surface area contributed by atoms with Gasteiger partial charge in [-0.05, 0) is 42.0 Å². The first kappa shape index (κ1) is 19.5. The molecular formula is C20H20N4O3. The monoisotopic (exact) mass is 364 g/mol. The van der Waals surface area contributed by atoms with Crippen LogP contribution in [-0.2, 0) is 4.79 Å². The number of amides is 2. The molecule has 0 aliphatic carbocycles. The number of nitrogens with one attached hydrogen (secondary N) is 2. The third kappa shape index (κ3) is 6.21. The number of carbonyl (C=O) groups excluding carboxylic acids is 2. The molecule has 0 unspecified atom stereocenters. The fourth-order valence-corrected chi connectivity index (χ4v) is 2.12. The van der Waals surface area contributed by atoms with Crippen molar-refractivity contribution in [3.8, 4) is 11.8 Å². The van der Waals surface area contributed by atoms with Crippen molar-refractivity contribution >= 4 is 23.6 Å². The van der Waals surface area contributed by atoms with E-state index in [2.05, 4.69) is 10.9 Å². The van der Waals surface area contributed by atoms with Crippen molar-refractivity contribution in [1.82, 2.24) is 10.9 Å². The van der Waals surface area contributed by atoms with Crippen LogP contribution in [0.5, 0.6) is 5.75 Å². The average Bonchev–Trinajstić information content (AvgIpc) is 2.69. The van der Waals surface area contributed by atoms with Crippen LogP contribution in [0.25, 0.3) is 6.08 Å². The van der Waals surface area contributed by atoms with Gasteiger partial charge in [-0.3, -0.25) is 20.4 Å². The van der Waals surface area contributed by atoms with Crippen LogP contribution < -0.4 is 20.5 Å². The van der Waals surface area contributed by atoms with E-state index in [1.165, 1.54) is 6.08 Å². The van der Waals surface area contributed by atoms with Crippen molar-refractivity contribution in [1.29, 1.82) is 5.26 Å². The first-order valence-corrected chi connectivity index (χ1v) is 8.15. The smallest absolute Gasteiger partial charge is 0.269 e. The van der Waals surface area contributed by atoms with Gasteiger partial charge in [0.25, 0.3) is 11.8 Å². The standard InChI is InChI=1S/C20H20N4O3/c1-24(2)17-5-3-4-16(14-17)20(26)23-22-19(25)11-8-15-6-9-18(10-7-15)27-13-12-21/h3-11,14H,13H2,1-2H3,(H,22,25)(H,23,26)/b11-8+. The lowest BCUT2D eigenvalue weighted by Crippen LogP contribution is -2.40. The number of hydrogen-bond acceptors (Lipinski definition) is 5. The number of benzene rings is 2. The second-order valence-corrected chi connectivity index (χ2v) is 5.74. The number of hydrazine groups is 1. The molecule has 0 saturated heterocycles. The number of rotatable bonds is 6. The Bertz CT molecular complexity index is 868. The Morgan fingerprint density at radius 2 is 1.89 bits per heavy atom. The highest BCUT2D eigenvalue weighted by Gasteiger charge is 2.07. The molecule has 0 spiro atoms. The molecular weight excluding hydrogens is 344 g/mol. The molecule has 0 heterocycles. The Labute approximate surface area is 157 Å². The summed E-state index contributed by atoms with van der Waals surface area (Å²) in [7, 11) is 3.76. The molecule has 7 heteroatoms. The third-order valence-electron chi connectivity index (χ3n) is 3.53. The number of nitrogens with zero attached hydrogens (tertiary/aromatic N) is 2.